The fraction of sp³-hybridized carbons (Fsp3) is 0.417. The molecular weight excluding hydrogens is 188 g/mol. The van der Waals surface area contributed by atoms with Crippen molar-refractivity contribution < 1.29 is 5.21 Å². The van der Waals surface area contributed by atoms with Crippen LogP contribution in [0.25, 0.3) is 0 Å². The Bertz CT molecular complexity index is 348. The van der Waals surface area contributed by atoms with Crippen LogP contribution in [0.4, 0.5) is 0 Å². The van der Waals surface area contributed by atoms with Gasteiger partial charge in [0, 0.05) is 25.6 Å². The molecule has 0 spiro atoms. The summed E-state index contributed by atoms with van der Waals surface area (Å²) in [5, 5.41) is 12.0. The van der Waals surface area contributed by atoms with Gasteiger partial charge in [-0.1, -0.05) is 35.5 Å². The minimum atomic E-state index is 0.469. The Hall–Kier alpha value is -1.35. The third kappa shape index (κ3) is 2.36. The fourth-order valence-electron chi connectivity index (χ4n) is 2.03. The van der Waals surface area contributed by atoms with Crippen molar-refractivity contribution in [3.63, 3.8) is 0 Å². The van der Waals surface area contributed by atoms with Gasteiger partial charge in [0.15, 0.2) is 0 Å². The van der Waals surface area contributed by atoms with Crippen LogP contribution >= 0.6 is 0 Å². The lowest BCUT2D eigenvalue weighted by Crippen LogP contribution is -2.26. The normalized spacial score (nSPS) is 24.9. The summed E-state index contributed by atoms with van der Waals surface area (Å²) < 4.78 is 0. The molecule has 1 aromatic rings. The first-order valence-corrected chi connectivity index (χ1v) is 5.27. The van der Waals surface area contributed by atoms with Crippen molar-refractivity contribution in [2.45, 2.75) is 25.9 Å². The maximum atomic E-state index is 8.73. The second-order valence-electron chi connectivity index (χ2n) is 4.11. The SMILES string of the molecule is CC1C/C(=N/O)CN1Cc1ccccc1. The number of oxime groups is 1. The molecule has 15 heavy (non-hydrogen) atoms. The van der Waals surface area contributed by atoms with E-state index in [0.717, 1.165) is 25.2 Å². The van der Waals surface area contributed by atoms with Crippen LogP contribution in [0.1, 0.15) is 18.9 Å². The van der Waals surface area contributed by atoms with Crippen LogP contribution in [0.2, 0.25) is 0 Å². The zero-order chi connectivity index (χ0) is 10.7. The molecule has 0 bridgehead atoms. The lowest BCUT2D eigenvalue weighted by Gasteiger charge is -2.19. The van der Waals surface area contributed by atoms with Crippen LogP contribution in [-0.2, 0) is 6.54 Å². The van der Waals surface area contributed by atoms with Gasteiger partial charge in [0.2, 0.25) is 0 Å². The number of hydrogen-bond donors (Lipinski definition) is 1. The van der Waals surface area contributed by atoms with Crippen molar-refractivity contribution >= 4 is 5.71 Å². The van der Waals surface area contributed by atoms with Gasteiger partial charge < -0.3 is 5.21 Å². The first kappa shape index (κ1) is 10.2. The van der Waals surface area contributed by atoms with E-state index in [1.54, 1.807) is 0 Å². The summed E-state index contributed by atoms with van der Waals surface area (Å²) in [6.07, 6.45) is 0.878. The summed E-state index contributed by atoms with van der Waals surface area (Å²) in [5.41, 5.74) is 2.20. The highest BCUT2D eigenvalue weighted by Crippen LogP contribution is 2.17. The van der Waals surface area contributed by atoms with Crippen LogP contribution in [0.15, 0.2) is 35.5 Å². The van der Waals surface area contributed by atoms with Gasteiger partial charge in [-0.25, -0.2) is 0 Å². The molecular formula is C12H16N2O. The minimum Gasteiger partial charge on any atom is -0.411 e. The van der Waals surface area contributed by atoms with E-state index in [9.17, 15) is 0 Å². The average molecular weight is 204 g/mol. The molecule has 3 heteroatoms. The standard InChI is InChI=1S/C12H16N2O/c1-10-7-12(13-15)9-14(10)8-11-5-3-2-4-6-11/h2-6,10,15H,7-9H2,1H3/b13-12-. The Kier molecular flexibility index (Phi) is 3.02. The molecule has 1 heterocycles. The van der Waals surface area contributed by atoms with E-state index in [1.807, 2.05) is 6.07 Å². The van der Waals surface area contributed by atoms with Crippen LogP contribution in [0, 0.1) is 0 Å². The quantitative estimate of drug-likeness (QED) is 0.591. The van der Waals surface area contributed by atoms with Crippen LogP contribution in [-0.4, -0.2) is 28.4 Å². The molecule has 1 saturated heterocycles. The second kappa shape index (κ2) is 4.45. The number of rotatable bonds is 2. The largest absolute Gasteiger partial charge is 0.411 e. The Morgan fingerprint density at radius 1 is 1.40 bits per heavy atom. The first-order valence-electron chi connectivity index (χ1n) is 5.27. The van der Waals surface area contributed by atoms with Crippen molar-refractivity contribution in [2.24, 2.45) is 5.16 Å². The van der Waals surface area contributed by atoms with Crippen molar-refractivity contribution in [3.8, 4) is 0 Å². The molecule has 0 aliphatic carbocycles. The topological polar surface area (TPSA) is 35.8 Å². The van der Waals surface area contributed by atoms with Crippen molar-refractivity contribution in [3.05, 3.63) is 35.9 Å². The van der Waals surface area contributed by atoms with Crippen molar-refractivity contribution in [1.29, 1.82) is 0 Å². The van der Waals surface area contributed by atoms with Gasteiger partial charge in [-0.3, -0.25) is 4.90 Å². The highest BCUT2D eigenvalue weighted by molar-refractivity contribution is 5.88. The molecule has 3 nitrogen and oxygen atoms in total. The molecule has 1 unspecified atom stereocenters. The summed E-state index contributed by atoms with van der Waals surface area (Å²) in [7, 11) is 0. The molecule has 1 aliphatic heterocycles. The van der Waals surface area contributed by atoms with Gasteiger partial charge in [-0.15, -0.1) is 0 Å². The average Bonchev–Trinajstić information content (AvgIpc) is 2.61. The van der Waals surface area contributed by atoms with E-state index in [2.05, 4.69) is 41.2 Å². The molecule has 0 aromatic heterocycles. The molecule has 1 atom stereocenters. The maximum absolute atomic E-state index is 8.73. The number of likely N-dealkylation sites (tertiary alicyclic amines) is 1. The number of benzene rings is 1. The predicted molar refractivity (Wildman–Crippen MR) is 60.2 cm³/mol. The van der Waals surface area contributed by atoms with Crippen molar-refractivity contribution in [2.75, 3.05) is 6.54 Å². The van der Waals surface area contributed by atoms with Gasteiger partial charge in [-0.2, -0.15) is 0 Å². The Balaban J connectivity index is 2.02. The molecule has 0 amide bonds. The van der Waals surface area contributed by atoms with E-state index in [4.69, 9.17) is 5.21 Å². The van der Waals surface area contributed by atoms with Gasteiger partial charge in [-0.05, 0) is 12.5 Å². The van der Waals surface area contributed by atoms with Gasteiger partial charge in [0.1, 0.15) is 0 Å². The fourth-order valence-corrected chi connectivity index (χ4v) is 2.03. The molecule has 0 radical (unpaired) electrons. The summed E-state index contributed by atoms with van der Waals surface area (Å²) in [6.45, 7) is 3.88. The van der Waals surface area contributed by atoms with E-state index in [0.29, 0.717) is 6.04 Å². The monoisotopic (exact) mass is 204 g/mol. The minimum absolute atomic E-state index is 0.469. The molecule has 1 N–H and O–H groups in total. The molecule has 2 rings (SSSR count). The summed E-state index contributed by atoms with van der Waals surface area (Å²) >= 11 is 0. The molecule has 1 fully saturated rings. The highest BCUT2D eigenvalue weighted by Gasteiger charge is 2.25. The predicted octanol–water partition coefficient (Wildman–Crippen LogP) is 2.11. The lowest BCUT2D eigenvalue weighted by molar-refractivity contribution is 0.263. The zero-order valence-corrected chi connectivity index (χ0v) is 8.93. The van der Waals surface area contributed by atoms with Crippen LogP contribution in [0.3, 0.4) is 0 Å². The zero-order valence-electron chi connectivity index (χ0n) is 8.93. The summed E-state index contributed by atoms with van der Waals surface area (Å²) in [5.74, 6) is 0. The summed E-state index contributed by atoms with van der Waals surface area (Å²) in [4.78, 5) is 2.32. The Morgan fingerprint density at radius 2 is 2.13 bits per heavy atom. The number of nitrogens with zero attached hydrogens (tertiary/aromatic N) is 2. The van der Waals surface area contributed by atoms with Gasteiger partial charge >= 0.3 is 0 Å². The first-order chi connectivity index (χ1) is 7.29. The molecule has 1 aromatic carbocycles. The third-order valence-corrected chi connectivity index (χ3v) is 2.91. The molecule has 1 aliphatic rings. The van der Waals surface area contributed by atoms with Crippen LogP contribution in [0.5, 0.6) is 0 Å². The molecule has 80 valence electrons. The van der Waals surface area contributed by atoms with Crippen molar-refractivity contribution in [1.82, 2.24) is 4.90 Å². The van der Waals surface area contributed by atoms with Crippen LogP contribution < -0.4 is 0 Å². The summed E-state index contributed by atoms with van der Waals surface area (Å²) in [6, 6.07) is 10.9. The Labute approximate surface area is 90.0 Å². The molecule has 0 saturated carbocycles. The maximum Gasteiger partial charge on any atom is 0.0726 e. The van der Waals surface area contributed by atoms with Gasteiger partial charge in [0.25, 0.3) is 0 Å². The Morgan fingerprint density at radius 3 is 2.73 bits per heavy atom. The van der Waals surface area contributed by atoms with E-state index >= 15 is 0 Å². The third-order valence-electron chi connectivity index (χ3n) is 2.91. The second-order valence-corrected chi connectivity index (χ2v) is 4.11. The lowest BCUT2D eigenvalue weighted by atomic mass is 10.2. The van der Waals surface area contributed by atoms with E-state index < -0.39 is 0 Å². The smallest absolute Gasteiger partial charge is 0.0726 e. The highest BCUT2D eigenvalue weighted by atomic mass is 16.4. The van der Waals surface area contributed by atoms with Gasteiger partial charge in [0.05, 0.1) is 5.71 Å². The number of hydrogen-bond acceptors (Lipinski definition) is 3. The van der Waals surface area contributed by atoms with E-state index in [1.165, 1.54) is 5.56 Å². The van der Waals surface area contributed by atoms with E-state index in [-0.39, 0.29) is 0 Å².